The minimum atomic E-state index is -0.857. The van der Waals surface area contributed by atoms with Crippen molar-refractivity contribution in [2.24, 2.45) is 0 Å². The molecule has 0 fully saturated rings. The van der Waals surface area contributed by atoms with Gasteiger partial charge in [-0.15, -0.1) is 0 Å². The first kappa shape index (κ1) is 31.5. The van der Waals surface area contributed by atoms with Gasteiger partial charge in [-0.25, -0.2) is 4.79 Å². The molecule has 36 heavy (non-hydrogen) atoms. The van der Waals surface area contributed by atoms with Crippen molar-refractivity contribution >= 4 is 17.9 Å². The Balaban J connectivity index is 3.42. The molecule has 1 aromatic rings. The van der Waals surface area contributed by atoms with E-state index in [4.69, 9.17) is 4.74 Å². The van der Waals surface area contributed by atoms with E-state index in [1.807, 2.05) is 52.8 Å². The summed E-state index contributed by atoms with van der Waals surface area (Å²) in [5.41, 5.74) is 1.56. The van der Waals surface area contributed by atoms with Crippen LogP contribution in [-0.4, -0.2) is 46.5 Å². The van der Waals surface area contributed by atoms with E-state index >= 15 is 0 Å². The fourth-order valence-electron chi connectivity index (χ4n) is 4.17. The number of hydrogen-bond acceptors (Lipinski definition) is 4. The first-order valence-corrected chi connectivity index (χ1v) is 13.3. The number of ether oxygens (including phenoxy) is 1. The Morgan fingerprint density at radius 1 is 0.944 bits per heavy atom. The van der Waals surface area contributed by atoms with E-state index in [1.54, 1.807) is 32.6 Å². The Labute approximate surface area is 218 Å². The van der Waals surface area contributed by atoms with Gasteiger partial charge in [-0.3, -0.25) is 9.59 Å². The number of rotatable bonds is 11. The van der Waals surface area contributed by atoms with Crippen LogP contribution in [-0.2, 0) is 14.3 Å². The smallest absolute Gasteiger partial charge is 0.408 e. The predicted molar refractivity (Wildman–Crippen MR) is 146 cm³/mol. The summed E-state index contributed by atoms with van der Waals surface area (Å²) in [6.07, 6.45) is 4.41. The number of aryl methyl sites for hydroxylation is 2. The largest absolute Gasteiger partial charge is 0.444 e. The van der Waals surface area contributed by atoms with Crippen LogP contribution in [0.3, 0.4) is 0 Å². The van der Waals surface area contributed by atoms with E-state index in [9.17, 15) is 14.4 Å². The molecule has 7 nitrogen and oxygen atoms in total. The average Bonchev–Trinajstić information content (AvgIpc) is 2.71. The minimum absolute atomic E-state index is 0.230. The van der Waals surface area contributed by atoms with Crippen LogP contribution in [0.25, 0.3) is 0 Å². The maximum atomic E-state index is 13.8. The number of nitrogens with one attached hydrogen (secondary N) is 2. The lowest BCUT2D eigenvalue weighted by molar-refractivity contribution is -0.143. The van der Waals surface area contributed by atoms with Gasteiger partial charge in [-0.1, -0.05) is 50.8 Å². The van der Waals surface area contributed by atoms with E-state index in [0.29, 0.717) is 6.54 Å². The fourth-order valence-corrected chi connectivity index (χ4v) is 4.17. The Morgan fingerprint density at radius 3 is 2.00 bits per heavy atom. The van der Waals surface area contributed by atoms with E-state index < -0.39 is 29.3 Å². The Morgan fingerprint density at radius 2 is 1.50 bits per heavy atom. The monoisotopic (exact) mass is 503 g/mol. The molecule has 0 spiro atoms. The number of alkyl carbamates (subject to hydrolysis) is 1. The number of amides is 3. The molecule has 0 saturated heterocycles. The lowest BCUT2D eigenvalue weighted by Crippen LogP contribution is -2.54. The van der Waals surface area contributed by atoms with Crippen molar-refractivity contribution in [1.29, 1.82) is 0 Å². The molecule has 0 radical (unpaired) electrons. The summed E-state index contributed by atoms with van der Waals surface area (Å²) in [6, 6.07) is 4.21. The first-order chi connectivity index (χ1) is 16.6. The third kappa shape index (κ3) is 10.6. The highest BCUT2D eigenvalue weighted by molar-refractivity contribution is 5.92. The van der Waals surface area contributed by atoms with Gasteiger partial charge in [0.1, 0.15) is 17.7 Å². The van der Waals surface area contributed by atoms with Gasteiger partial charge in [0.15, 0.2) is 0 Å². The second-order valence-corrected chi connectivity index (χ2v) is 11.8. The van der Waals surface area contributed by atoms with Gasteiger partial charge >= 0.3 is 6.09 Å². The summed E-state index contributed by atoms with van der Waals surface area (Å²) in [5, 5.41) is 5.75. The van der Waals surface area contributed by atoms with Crippen LogP contribution < -0.4 is 10.6 Å². The fraction of sp³-hybridized carbons (Fsp3) is 0.690. The number of nitrogens with zero attached hydrogens (tertiary/aromatic N) is 1. The Bertz CT molecular complexity index is 863. The third-order valence-corrected chi connectivity index (χ3v) is 5.76. The Hall–Kier alpha value is -2.57. The van der Waals surface area contributed by atoms with Gasteiger partial charge in [0.05, 0.1) is 0 Å². The quantitative estimate of drug-likeness (QED) is 0.364. The molecule has 0 aliphatic carbocycles. The van der Waals surface area contributed by atoms with Gasteiger partial charge in [-0.05, 0) is 85.4 Å². The highest BCUT2D eigenvalue weighted by Crippen LogP contribution is 2.29. The second kappa shape index (κ2) is 13.7. The van der Waals surface area contributed by atoms with Crippen molar-refractivity contribution in [3.05, 3.63) is 34.9 Å². The van der Waals surface area contributed by atoms with Crippen LogP contribution in [0.15, 0.2) is 18.2 Å². The number of carbonyl (C=O) groups is 3. The van der Waals surface area contributed by atoms with E-state index in [2.05, 4.69) is 17.6 Å². The lowest BCUT2D eigenvalue weighted by Gasteiger charge is -2.36. The standard InChI is InChI=1S/C29H49N3O4/c1-11-12-13-14-15-19-32(26(34)22(4)30-27(35)36-29(8,9)10)24(25(33)31-28(5,6)7)23-20(2)17-16-18-21(23)3/h16-18,22,24H,11-15,19H2,1-10H3,(H,30,35)(H,31,33). The maximum absolute atomic E-state index is 13.8. The molecular weight excluding hydrogens is 454 g/mol. The van der Waals surface area contributed by atoms with E-state index in [0.717, 1.165) is 48.8 Å². The van der Waals surface area contributed by atoms with Crippen LogP contribution in [0, 0.1) is 13.8 Å². The molecule has 204 valence electrons. The van der Waals surface area contributed by atoms with E-state index in [1.165, 1.54) is 0 Å². The summed E-state index contributed by atoms with van der Waals surface area (Å²) in [4.78, 5) is 41.7. The Kier molecular flexibility index (Phi) is 11.9. The molecule has 0 aliphatic heterocycles. The van der Waals surface area contributed by atoms with Crippen LogP contribution in [0.5, 0.6) is 0 Å². The number of unbranched alkanes of at least 4 members (excludes halogenated alkanes) is 4. The second-order valence-electron chi connectivity index (χ2n) is 11.8. The zero-order valence-corrected chi connectivity index (χ0v) is 24.2. The molecule has 0 aliphatic rings. The molecule has 0 heterocycles. The summed E-state index contributed by atoms with van der Waals surface area (Å²) < 4.78 is 5.36. The highest BCUT2D eigenvalue weighted by Gasteiger charge is 2.37. The first-order valence-electron chi connectivity index (χ1n) is 13.3. The normalized spacial score (nSPS) is 13.5. The summed E-state index contributed by atoms with van der Waals surface area (Å²) in [7, 11) is 0. The van der Waals surface area contributed by atoms with E-state index in [-0.39, 0.29) is 11.8 Å². The maximum Gasteiger partial charge on any atom is 0.408 e. The van der Waals surface area contributed by atoms with Gasteiger partial charge < -0.3 is 20.3 Å². The molecule has 1 rings (SSSR count). The zero-order valence-electron chi connectivity index (χ0n) is 24.2. The van der Waals surface area contributed by atoms with Crippen molar-refractivity contribution in [3.8, 4) is 0 Å². The molecule has 0 bridgehead atoms. The molecule has 0 aromatic heterocycles. The predicted octanol–water partition coefficient (Wildman–Crippen LogP) is 5.97. The van der Waals surface area contributed by atoms with Crippen LogP contribution >= 0.6 is 0 Å². The molecule has 0 saturated carbocycles. The summed E-state index contributed by atoms with van der Waals surface area (Å²) in [5.74, 6) is -0.542. The molecule has 2 unspecified atom stereocenters. The summed E-state index contributed by atoms with van der Waals surface area (Å²) >= 11 is 0. The zero-order chi connectivity index (χ0) is 27.7. The molecule has 7 heteroatoms. The van der Waals surface area contributed by atoms with Crippen molar-refractivity contribution in [1.82, 2.24) is 15.5 Å². The van der Waals surface area contributed by atoms with Gasteiger partial charge in [0.25, 0.3) is 0 Å². The SMILES string of the molecule is CCCCCCCN(C(=O)C(C)NC(=O)OC(C)(C)C)C(C(=O)NC(C)(C)C)c1c(C)cccc1C. The molecule has 3 amide bonds. The van der Waals surface area contributed by atoms with Crippen molar-refractivity contribution in [2.45, 2.75) is 125 Å². The summed E-state index contributed by atoms with van der Waals surface area (Å²) in [6.45, 7) is 19.2. The topological polar surface area (TPSA) is 87.7 Å². The highest BCUT2D eigenvalue weighted by atomic mass is 16.6. The molecular formula is C29H49N3O4. The molecule has 2 N–H and O–H groups in total. The van der Waals surface area contributed by atoms with Crippen LogP contribution in [0.2, 0.25) is 0 Å². The molecule has 2 atom stereocenters. The van der Waals surface area contributed by atoms with Crippen molar-refractivity contribution in [2.75, 3.05) is 6.54 Å². The average molecular weight is 504 g/mol. The van der Waals surface area contributed by atoms with Crippen molar-refractivity contribution < 1.29 is 19.1 Å². The van der Waals surface area contributed by atoms with Crippen LogP contribution in [0.4, 0.5) is 4.79 Å². The van der Waals surface area contributed by atoms with Crippen LogP contribution in [0.1, 0.15) is 110 Å². The third-order valence-electron chi connectivity index (χ3n) is 5.76. The van der Waals surface area contributed by atoms with Gasteiger partial charge in [0, 0.05) is 12.1 Å². The minimum Gasteiger partial charge on any atom is -0.444 e. The number of carbonyl (C=O) groups excluding carboxylic acids is 3. The number of hydrogen-bond donors (Lipinski definition) is 2. The van der Waals surface area contributed by atoms with Crippen molar-refractivity contribution in [3.63, 3.8) is 0 Å². The number of benzene rings is 1. The van der Waals surface area contributed by atoms with Gasteiger partial charge in [-0.2, -0.15) is 0 Å². The molecule has 1 aromatic carbocycles. The van der Waals surface area contributed by atoms with Gasteiger partial charge in [0.2, 0.25) is 11.8 Å². The lowest BCUT2D eigenvalue weighted by atomic mass is 9.92.